The van der Waals surface area contributed by atoms with Crippen molar-refractivity contribution in [2.75, 3.05) is 26.9 Å². The van der Waals surface area contributed by atoms with Crippen LogP contribution >= 0.6 is 43.5 Å². The average molecular weight is 670 g/mol. The summed E-state index contributed by atoms with van der Waals surface area (Å²) >= 11 is 13.0. The molecule has 3 aromatic carbocycles. The molecule has 0 spiro atoms. The molecule has 0 unspecified atom stereocenters. The number of methoxy groups -OCH3 is 1. The van der Waals surface area contributed by atoms with E-state index in [1.54, 1.807) is 49.4 Å². The van der Waals surface area contributed by atoms with E-state index in [0.29, 0.717) is 48.8 Å². The molecular weight excluding hydrogens is 646 g/mol. The first-order chi connectivity index (χ1) is 18.2. The summed E-state index contributed by atoms with van der Waals surface area (Å²) in [7, 11) is 1.49. The minimum Gasteiger partial charge on any atom is -0.496 e. The lowest BCUT2D eigenvalue weighted by molar-refractivity contribution is -0.141. The van der Waals surface area contributed by atoms with Gasteiger partial charge in [0.25, 0.3) is 0 Å². The lowest BCUT2D eigenvalue weighted by Crippen LogP contribution is -2.31. The van der Waals surface area contributed by atoms with Gasteiger partial charge in [0, 0.05) is 17.0 Å². The number of carbonyl (C=O) groups excluding carboxylic acids is 3. The van der Waals surface area contributed by atoms with Crippen molar-refractivity contribution in [3.8, 4) is 17.2 Å². The summed E-state index contributed by atoms with van der Waals surface area (Å²) in [4.78, 5) is 36.2. The Hall–Kier alpha value is -3.08. The summed E-state index contributed by atoms with van der Waals surface area (Å²) in [6.07, 6.45) is -0.286. The molecule has 0 aromatic heterocycles. The van der Waals surface area contributed by atoms with Crippen molar-refractivity contribution in [1.82, 2.24) is 5.32 Å². The molecule has 0 saturated heterocycles. The third kappa shape index (κ3) is 8.21. The summed E-state index contributed by atoms with van der Waals surface area (Å²) in [5.41, 5.74) is 1.67. The first-order valence-corrected chi connectivity index (χ1v) is 13.4. The number of hydrogen-bond donors (Lipinski definition) is 1. The van der Waals surface area contributed by atoms with Crippen molar-refractivity contribution in [3.05, 3.63) is 85.3 Å². The van der Waals surface area contributed by atoms with E-state index in [1.165, 1.54) is 7.11 Å². The molecule has 0 radical (unpaired) electrons. The quantitative estimate of drug-likeness (QED) is 0.179. The normalized spacial score (nSPS) is 10.4. The van der Waals surface area contributed by atoms with Gasteiger partial charge in [0.05, 0.1) is 34.8 Å². The van der Waals surface area contributed by atoms with E-state index in [-0.39, 0.29) is 25.5 Å². The fourth-order valence-corrected chi connectivity index (χ4v) is 4.89. The van der Waals surface area contributed by atoms with Gasteiger partial charge in [-0.25, -0.2) is 4.79 Å². The topological polar surface area (TPSA) is 100 Å². The highest BCUT2D eigenvalue weighted by molar-refractivity contribution is 9.11. The Morgan fingerprint density at radius 3 is 2.26 bits per heavy atom. The maximum atomic E-state index is 13.1. The van der Waals surface area contributed by atoms with Gasteiger partial charge in [0.2, 0.25) is 0 Å². The largest absolute Gasteiger partial charge is 0.496 e. The zero-order valence-corrected chi connectivity index (χ0v) is 24.4. The van der Waals surface area contributed by atoms with Crippen LogP contribution in [0.1, 0.15) is 28.4 Å². The minimum absolute atomic E-state index is 0.0996. The molecule has 3 rings (SSSR count). The van der Waals surface area contributed by atoms with Crippen molar-refractivity contribution in [2.24, 2.45) is 0 Å². The number of alkyl carbamates (subject to hydrolysis) is 1. The van der Waals surface area contributed by atoms with Crippen LogP contribution < -0.4 is 14.8 Å². The van der Waals surface area contributed by atoms with Crippen LogP contribution in [0.2, 0.25) is 5.02 Å². The van der Waals surface area contributed by atoms with Crippen molar-refractivity contribution in [3.63, 3.8) is 0 Å². The fourth-order valence-electron chi connectivity index (χ4n) is 3.33. The maximum Gasteiger partial charge on any atom is 0.407 e. The molecule has 38 heavy (non-hydrogen) atoms. The predicted octanol–water partition coefficient (Wildman–Crippen LogP) is 6.73. The molecule has 200 valence electrons. The zero-order chi connectivity index (χ0) is 27.7. The average Bonchev–Trinajstić information content (AvgIpc) is 2.89. The summed E-state index contributed by atoms with van der Waals surface area (Å²) in [6.45, 7) is 1.76. The summed E-state index contributed by atoms with van der Waals surface area (Å²) in [5, 5.41) is 2.87. The van der Waals surface area contributed by atoms with Gasteiger partial charge in [-0.15, -0.1) is 0 Å². The number of ether oxygens (including phenoxy) is 4. The first-order valence-electron chi connectivity index (χ1n) is 11.4. The Bertz CT molecular complexity index is 1290. The third-order valence-corrected chi connectivity index (χ3v) is 6.54. The van der Waals surface area contributed by atoms with Crippen LogP contribution in [0.15, 0.2) is 63.5 Å². The molecule has 0 heterocycles. The molecule has 11 heteroatoms. The van der Waals surface area contributed by atoms with Crippen LogP contribution in [0.3, 0.4) is 0 Å². The molecule has 0 bridgehead atoms. The molecule has 0 aliphatic heterocycles. The number of rotatable bonds is 11. The number of benzene rings is 3. The van der Waals surface area contributed by atoms with Crippen LogP contribution in [-0.2, 0) is 20.7 Å². The molecular formula is C27H24Br2ClNO7. The Morgan fingerprint density at radius 1 is 0.947 bits per heavy atom. The monoisotopic (exact) mass is 667 g/mol. The van der Waals surface area contributed by atoms with Gasteiger partial charge in [-0.1, -0.05) is 11.6 Å². The maximum absolute atomic E-state index is 13.1. The zero-order valence-electron chi connectivity index (χ0n) is 20.5. The minimum atomic E-state index is -0.709. The second-order valence-electron chi connectivity index (χ2n) is 7.73. The number of carbonyl (C=O) groups is 3. The van der Waals surface area contributed by atoms with Gasteiger partial charge >= 0.3 is 12.1 Å². The lowest BCUT2D eigenvalue weighted by Gasteiger charge is -2.14. The van der Waals surface area contributed by atoms with Gasteiger partial charge in [0.1, 0.15) is 18.0 Å². The van der Waals surface area contributed by atoms with Gasteiger partial charge in [-0.2, -0.15) is 0 Å². The Balaban J connectivity index is 1.67. The van der Waals surface area contributed by atoms with Crippen molar-refractivity contribution in [2.45, 2.75) is 13.3 Å². The van der Waals surface area contributed by atoms with Gasteiger partial charge < -0.3 is 24.3 Å². The number of hydrogen-bond acceptors (Lipinski definition) is 7. The van der Waals surface area contributed by atoms with Gasteiger partial charge in [-0.05, 0) is 98.9 Å². The SMILES string of the molecule is CCOC(=O)CNC(=O)OCCc1cc(Br)c(Oc2ccc(OC)c(C(=O)c3ccc(Cl)cc3)c2)c(Br)c1. The van der Waals surface area contributed by atoms with Crippen LogP contribution in [0, 0.1) is 0 Å². The van der Waals surface area contributed by atoms with Crippen LogP contribution in [0.5, 0.6) is 17.2 Å². The van der Waals surface area contributed by atoms with Gasteiger partial charge in [0.15, 0.2) is 11.5 Å². The Kier molecular flexibility index (Phi) is 11.0. The molecule has 8 nitrogen and oxygen atoms in total. The molecule has 3 aromatic rings. The van der Waals surface area contributed by atoms with Crippen molar-refractivity contribution < 1.29 is 33.3 Å². The van der Waals surface area contributed by atoms with Crippen LogP contribution in [0.4, 0.5) is 4.79 Å². The van der Waals surface area contributed by atoms with Gasteiger partial charge in [-0.3, -0.25) is 9.59 Å². The highest BCUT2D eigenvalue weighted by Crippen LogP contribution is 2.39. The van der Waals surface area contributed by atoms with E-state index in [2.05, 4.69) is 37.2 Å². The molecule has 1 N–H and O–H groups in total. The number of halogens is 3. The Labute approximate surface area is 241 Å². The fraction of sp³-hybridized carbons (Fsp3) is 0.222. The van der Waals surface area contributed by atoms with Crippen LogP contribution in [-0.4, -0.2) is 44.7 Å². The van der Waals surface area contributed by atoms with Crippen molar-refractivity contribution >= 4 is 61.3 Å². The number of nitrogens with one attached hydrogen (secondary N) is 1. The van der Waals surface area contributed by atoms with E-state index in [9.17, 15) is 14.4 Å². The summed E-state index contributed by atoms with van der Waals surface area (Å²) in [5.74, 6) is 0.572. The second-order valence-corrected chi connectivity index (χ2v) is 9.88. The molecule has 0 aliphatic carbocycles. The second kappa shape index (κ2) is 14.2. The first kappa shape index (κ1) is 29.5. The number of amides is 1. The lowest BCUT2D eigenvalue weighted by atomic mass is 10.0. The molecule has 0 atom stereocenters. The highest BCUT2D eigenvalue weighted by atomic mass is 79.9. The molecule has 0 fully saturated rings. The van der Waals surface area contributed by atoms with Crippen LogP contribution in [0.25, 0.3) is 0 Å². The number of ketones is 1. The third-order valence-electron chi connectivity index (χ3n) is 5.11. The standard InChI is InChI=1S/C27H24Br2ClNO7/c1-3-36-24(32)15-31-27(34)37-11-10-16-12-21(28)26(22(29)13-16)38-19-8-9-23(35-2)20(14-19)25(33)17-4-6-18(30)7-5-17/h4-9,12-14H,3,10-11,15H2,1-2H3,(H,31,34). The van der Waals surface area contributed by atoms with Crippen molar-refractivity contribution in [1.29, 1.82) is 0 Å². The predicted molar refractivity (Wildman–Crippen MR) is 149 cm³/mol. The molecule has 0 aliphatic rings. The number of esters is 1. The molecule has 1 amide bonds. The smallest absolute Gasteiger partial charge is 0.407 e. The van der Waals surface area contributed by atoms with E-state index in [4.69, 9.17) is 30.5 Å². The van der Waals surface area contributed by atoms with E-state index < -0.39 is 12.1 Å². The van der Waals surface area contributed by atoms with E-state index in [0.717, 1.165) is 5.56 Å². The summed E-state index contributed by atoms with van der Waals surface area (Å²) in [6, 6.07) is 15.3. The molecule has 0 saturated carbocycles. The van der Waals surface area contributed by atoms with E-state index >= 15 is 0 Å². The summed E-state index contributed by atoms with van der Waals surface area (Å²) < 4.78 is 22.6. The van der Waals surface area contributed by atoms with E-state index in [1.807, 2.05) is 12.1 Å². The Morgan fingerprint density at radius 2 is 1.63 bits per heavy atom. The highest BCUT2D eigenvalue weighted by Gasteiger charge is 2.18.